The molecule has 19 heavy (non-hydrogen) atoms. The summed E-state index contributed by atoms with van der Waals surface area (Å²) in [5, 5.41) is 3.37. The number of halogens is 1. The predicted molar refractivity (Wildman–Crippen MR) is 80.0 cm³/mol. The van der Waals surface area contributed by atoms with Gasteiger partial charge in [-0.1, -0.05) is 35.9 Å². The second kappa shape index (κ2) is 5.63. The van der Waals surface area contributed by atoms with Gasteiger partial charge >= 0.3 is 0 Å². The van der Waals surface area contributed by atoms with E-state index in [-0.39, 0.29) is 12.1 Å². The van der Waals surface area contributed by atoms with Crippen molar-refractivity contribution in [2.45, 2.75) is 18.6 Å². The summed E-state index contributed by atoms with van der Waals surface area (Å²) in [5.41, 5.74) is 2.68. The molecule has 2 unspecified atom stereocenters. The number of ether oxygens (including phenoxy) is 1. The Labute approximate surface area is 122 Å². The Morgan fingerprint density at radius 3 is 2.89 bits per heavy atom. The maximum Gasteiger partial charge on any atom is 0.103 e. The summed E-state index contributed by atoms with van der Waals surface area (Å²) >= 11 is 7.66. The maximum atomic E-state index is 6.05. The first-order chi connectivity index (χ1) is 9.29. The van der Waals surface area contributed by atoms with Gasteiger partial charge in [0.2, 0.25) is 0 Å². The fraction of sp³-hybridized carbons (Fsp3) is 0.333. The molecule has 4 heteroatoms. The van der Waals surface area contributed by atoms with Crippen LogP contribution >= 0.6 is 22.9 Å². The third-order valence-corrected chi connectivity index (χ3v) is 4.86. The number of nitrogens with one attached hydrogen (secondary N) is 1. The number of likely N-dealkylation sites (N-methyl/N-ethyl adjacent to an activating group) is 1. The molecule has 0 spiro atoms. The Kier molecular flexibility index (Phi) is 3.89. The highest BCUT2D eigenvalue weighted by Crippen LogP contribution is 2.39. The third kappa shape index (κ3) is 2.56. The molecular weight excluding hydrogens is 278 g/mol. The van der Waals surface area contributed by atoms with Crippen LogP contribution in [0.5, 0.6) is 0 Å². The van der Waals surface area contributed by atoms with Gasteiger partial charge in [-0.05, 0) is 36.7 Å². The highest BCUT2D eigenvalue weighted by Gasteiger charge is 2.29. The highest BCUT2D eigenvalue weighted by atomic mass is 35.5. The lowest BCUT2D eigenvalue weighted by molar-refractivity contribution is 0.0174. The lowest BCUT2D eigenvalue weighted by atomic mass is 9.92. The number of benzene rings is 1. The van der Waals surface area contributed by atoms with Crippen molar-refractivity contribution in [3.8, 4) is 0 Å². The molecule has 2 aromatic rings. The summed E-state index contributed by atoms with van der Waals surface area (Å²) in [7, 11) is 1.97. The molecular formula is C15H16ClNOS. The Morgan fingerprint density at radius 1 is 1.32 bits per heavy atom. The van der Waals surface area contributed by atoms with E-state index in [0.717, 1.165) is 17.4 Å². The number of hydrogen-bond donors (Lipinski definition) is 1. The van der Waals surface area contributed by atoms with Crippen LogP contribution in [0.3, 0.4) is 0 Å². The smallest absolute Gasteiger partial charge is 0.103 e. The summed E-state index contributed by atoms with van der Waals surface area (Å²) < 4.78 is 6.84. The lowest BCUT2D eigenvalue weighted by Crippen LogP contribution is -2.29. The van der Waals surface area contributed by atoms with Gasteiger partial charge < -0.3 is 10.1 Å². The molecule has 1 aromatic heterocycles. The van der Waals surface area contributed by atoms with E-state index in [4.69, 9.17) is 16.3 Å². The van der Waals surface area contributed by atoms with Crippen LogP contribution in [0.1, 0.15) is 28.1 Å². The Morgan fingerprint density at radius 2 is 2.16 bits per heavy atom. The van der Waals surface area contributed by atoms with Crippen molar-refractivity contribution in [1.82, 2.24) is 5.32 Å². The van der Waals surface area contributed by atoms with Gasteiger partial charge in [0, 0.05) is 4.88 Å². The van der Waals surface area contributed by atoms with Gasteiger partial charge in [0.1, 0.15) is 6.10 Å². The van der Waals surface area contributed by atoms with Crippen molar-refractivity contribution in [2.24, 2.45) is 0 Å². The maximum absolute atomic E-state index is 6.05. The minimum absolute atomic E-state index is 0.0599. The largest absolute Gasteiger partial charge is 0.371 e. The van der Waals surface area contributed by atoms with Gasteiger partial charge in [-0.3, -0.25) is 0 Å². The monoisotopic (exact) mass is 293 g/mol. The number of fused-ring (bicyclic) bond motifs is 1. The highest BCUT2D eigenvalue weighted by molar-refractivity contribution is 7.16. The van der Waals surface area contributed by atoms with Crippen molar-refractivity contribution >= 4 is 22.9 Å². The van der Waals surface area contributed by atoms with Gasteiger partial charge in [-0.15, -0.1) is 11.3 Å². The average Bonchev–Trinajstić information content (AvgIpc) is 2.86. The van der Waals surface area contributed by atoms with Crippen molar-refractivity contribution in [1.29, 1.82) is 0 Å². The van der Waals surface area contributed by atoms with Crippen molar-refractivity contribution in [3.05, 3.63) is 56.7 Å². The van der Waals surface area contributed by atoms with E-state index in [1.54, 1.807) is 11.3 Å². The van der Waals surface area contributed by atoms with E-state index in [1.807, 2.05) is 13.1 Å². The first-order valence-electron chi connectivity index (χ1n) is 6.41. The lowest BCUT2D eigenvalue weighted by Gasteiger charge is -2.31. The van der Waals surface area contributed by atoms with Crippen LogP contribution in [0.2, 0.25) is 4.34 Å². The Balaban J connectivity index is 1.97. The van der Waals surface area contributed by atoms with Crippen LogP contribution in [0.25, 0.3) is 0 Å². The molecule has 2 heterocycles. The van der Waals surface area contributed by atoms with E-state index in [1.165, 1.54) is 16.0 Å². The molecule has 0 fully saturated rings. The molecule has 100 valence electrons. The van der Waals surface area contributed by atoms with Gasteiger partial charge in [-0.2, -0.15) is 0 Å². The summed E-state index contributed by atoms with van der Waals surface area (Å²) in [5.74, 6) is 0. The summed E-state index contributed by atoms with van der Waals surface area (Å²) in [6, 6.07) is 12.7. The molecule has 0 bridgehead atoms. The molecule has 0 radical (unpaired) electrons. The SMILES string of the molecule is CNC(c1ccc(Cl)s1)C1OCCc2ccccc21. The number of rotatable bonds is 3. The molecule has 0 amide bonds. The zero-order valence-corrected chi connectivity index (χ0v) is 12.3. The van der Waals surface area contributed by atoms with Crippen LogP contribution in [0, 0.1) is 0 Å². The fourth-order valence-corrected chi connectivity index (χ4v) is 3.84. The predicted octanol–water partition coefficient (Wildman–Crippen LogP) is 3.98. The molecule has 3 rings (SSSR count). The second-order valence-corrected chi connectivity index (χ2v) is 6.40. The molecule has 2 atom stereocenters. The molecule has 1 N–H and O–H groups in total. The first kappa shape index (κ1) is 13.1. The first-order valence-corrected chi connectivity index (χ1v) is 7.61. The van der Waals surface area contributed by atoms with Crippen LogP contribution in [0.4, 0.5) is 0 Å². The second-order valence-electron chi connectivity index (χ2n) is 4.65. The Bertz CT molecular complexity index is 569. The molecule has 2 nitrogen and oxygen atoms in total. The molecule has 1 aliphatic rings. The summed E-state index contributed by atoms with van der Waals surface area (Å²) in [6.45, 7) is 0.777. The number of hydrogen-bond acceptors (Lipinski definition) is 3. The van der Waals surface area contributed by atoms with E-state index in [9.17, 15) is 0 Å². The van der Waals surface area contributed by atoms with E-state index in [2.05, 4.69) is 35.6 Å². The molecule has 0 saturated carbocycles. The van der Waals surface area contributed by atoms with E-state index >= 15 is 0 Å². The zero-order chi connectivity index (χ0) is 13.2. The molecule has 1 aromatic carbocycles. The van der Waals surface area contributed by atoms with Crippen molar-refractivity contribution in [3.63, 3.8) is 0 Å². The van der Waals surface area contributed by atoms with Crippen LogP contribution in [-0.4, -0.2) is 13.7 Å². The molecule has 0 saturated heterocycles. The van der Waals surface area contributed by atoms with Gasteiger partial charge in [-0.25, -0.2) is 0 Å². The minimum atomic E-state index is 0.0599. The molecule has 1 aliphatic heterocycles. The van der Waals surface area contributed by atoms with E-state index in [0.29, 0.717) is 0 Å². The summed E-state index contributed by atoms with van der Waals surface area (Å²) in [4.78, 5) is 1.22. The zero-order valence-electron chi connectivity index (χ0n) is 10.7. The van der Waals surface area contributed by atoms with Crippen LogP contribution in [-0.2, 0) is 11.2 Å². The van der Waals surface area contributed by atoms with E-state index < -0.39 is 0 Å². The van der Waals surface area contributed by atoms with Gasteiger partial charge in [0.05, 0.1) is 17.0 Å². The quantitative estimate of drug-likeness (QED) is 0.924. The average molecular weight is 294 g/mol. The van der Waals surface area contributed by atoms with Crippen LogP contribution < -0.4 is 5.32 Å². The normalized spacial score (nSPS) is 20.0. The summed E-state index contributed by atoms with van der Waals surface area (Å²) in [6.07, 6.45) is 1.05. The third-order valence-electron chi connectivity index (χ3n) is 3.54. The minimum Gasteiger partial charge on any atom is -0.371 e. The topological polar surface area (TPSA) is 21.3 Å². The van der Waals surface area contributed by atoms with Crippen molar-refractivity contribution in [2.75, 3.05) is 13.7 Å². The molecule has 0 aliphatic carbocycles. The standard InChI is InChI=1S/C15H16ClNOS/c1-17-14(12-6-7-13(16)19-12)15-11-5-3-2-4-10(11)8-9-18-15/h2-7,14-15,17H,8-9H2,1H3. The Hall–Kier alpha value is -0.870. The fourth-order valence-electron chi connectivity index (χ4n) is 2.64. The number of thiophene rings is 1. The van der Waals surface area contributed by atoms with Gasteiger partial charge in [0.25, 0.3) is 0 Å². The van der Waals surface area contributed by atoms with Crippen LogP contribution in [0.15, 0.2) is 36.4 Å². The van der Waals surface area contributed by atoms with Crippen molar-refractivity contribution < 1.29 is 4.74 Å². The van der Waals surface area contributed by atoms with Gasteiger partial charge in [0.15, 0.2) is 0 Å².